The highest BCUT2D eigenvalue weighted by Crippen LogP contribution is 2.19. The van der Waals surface area contributed by atoms with E-state index in [1.54, 1.807) is 0 Å². The van der Waals surface area contributed by atoms with Gasteiger partial charge in [-0.05, 0) is 9.91 Å². The van der Waals surface area contributed by atoms with Crippen LogP contribution in [0.2, 0.25) is 0 Å². The van der Waals surface area contributed by atoms with Crippen LogP contribution >= 0.6 is 0 Å². The molecule has 2 heterocycles. The Balaban J connectivity index is 2.14. The number of nitro groups is 1. The first-order valence-corrected chi connectivity index (χ1v) is 5.35. The van der Waals surface area contributed by atoms with Gasteiger partial charge in [0.15, 0.2) is 5.82 Å². The lowest BCUT2D eigenvalue weighted by Gasteiger charge is -2.10. The Morgan fingerprint density at radius 3 is 2.72 bits per heavy atom. The van der Waals surface area contributed by atoms with E-state index in [1.165, 1.54) is 17.1 Å². The Labute approximate surface area is 103 Å². The lowest BCUT2D eigenvalue weighted by molar-refractivity contribution is -0.389. The number of rotatable bonds is 3. The molecule has 8 nitrogen and oxygen atoms in total. The van der Waals surface area contributed by atoms with Gasteiger partial charge in [0.1, 0.15) is 6.20 Å². The van der Waals surface area contributed by atoms with Crippen LogP contribution in [0.5, 0.6) is 0 Å². The molecule has 0 atom stereocenters. The van der Waals surface area contributed by atoms with Crippen LogP contribution in [0.15, 0.2) is 17.0 Å². The van der Waals surface area contributed by atoms with Crippen LogP contribution < -0.4 is 0 Å². The fourth-order valence-corrected chi connectivity index (χ4v) is 1.32. The quantitative estimate of drug-likeness (QED) is 0.605. The molecule has 0 saturated carbocycles. The van der Waals surface area contributed by atoms with E-state index in [4.69, 9.17) is 4.52 Å². The number of aromatic nitrogens is 4. The molecule has 0 spiro atoms. The van der Waals surface area contributed by atoms with Crippen molar-refractivity contribution in [3.63, 3.8) is 0 Å². The zero-order valence-corrected chi connectivity index (χ0v) is 10.3. The first-order valence-electron chi connectivity index (χ1n) is 5.35. The standard InChI is InChI=1S/C10H13N5O3/c1-10(2,3)9-12-7(13-18-9)4-14-5-8(11-6-14)15(16)17/h5-6H,4H2,1-3H3. The average Bonchev–Trinajstić information content (AvgIpc) is 2.85. The van der Waals surface area contributed by atoms with Crippen LogP contribution in [0.4, 0.5) is 5.82 Å². The van der Waals surface area contributed by atoms with Gasteiger partial charge in [0.25, 0.3) is 0 Å². The molecule has 0 saturated heterocycles. The van der Waals surface area contributed by atoms with Crippen LogP contribution in [0, 0.1) is 10.1 Å². The summed E-state index contributed by atoms with van der Waals surface area (Å²) in [4.78, 5) is 17.8. The summed E-state index contributed by atoms with van der Waals surface area (Å²) >= 11 is 0. The Morgan fingerprint density at radius 1 is 1.50 bits per heavy atom. The van der Waals surface area contributed by atoms with Gasteiger partial charge in [0.2, 0.25) is 12.2 Å². The molecule has 0 aromatic carbocycles. The summed E-state index contributed by atoms with van der Waals surface area (Å²) in [6, 6.07) is 0. The van der Waals surface area contributed by atoms with E-state index in [2.05, 4.69) is 15.1 Å². The van der Waals surface area contributed by atoms with Crippen molar-refractivity contribution in [2.45, 2.75) is 32.7 Å². The maximum absolute atomic E-state index is 10.5. The third-order valence-corrected chi connectivity index (χ3v) is 2.24. The van der Waals surface area contributed by atoms with E-state index in [-0.39, 0.29) is 11.2 Å². The van der Waals surface area contributed by atoms with E-state index >= 15 is 0 Å². The average molecular weight is 251 g/mol. The van der Waals surface area contributed by atoms with E-state index in [0.29, 0.717) is 18.3 Å². The highest BCUT2D eigenvalue weighted by atomic mass is 16.6. The van der Waals surface area contributed by atoms with Gasteiger partial charge in [-0.15, -0.1) is 0 Å². The second-order valence-corrected chi connectivity index (χ2v) is 4.93. The first kappa shape index (κ1) is 12.2. The van der Waals surface area contributed by atoms with Gasteiger partial charge in [0, 0.05) is 5.41 Å². The van der Waals surface area contributed by atoms with Crippen molar-refractivity contribution in [3.05, 3.63) is 34.4 Å². The van der Waals surface area contributed by atoms with Gasteiger partial charge in [-0.1, -0.05) is 25.9 Å². The predicted molar refractivity (Wildman–Crippen MR) is 61.0 cm³/mol. The largest absolute Gasteiger partial charge is 0.381 e. The van der Waals surface area contributed by atoms with Gasteiger partial charge < -0.3 is 19.2 Å². The zero-order valence-electron chi connectivity index (χ0n) is 10.3. The van der Waals surface area contributed by atoms with Crippen molar-refractivity contribution in [2.24, 2.45) is 0 Å². The molecular formula is C10H13N5O3. The lowest BCUT2D eigenvalue weighted by atomic mass is 9.97. The molecular weight excluding hydrogens is 238 g/mol. The molecule has 0 fully saturated rings. The van der Waals surface area contributed by atoms with E-state index in [1.807, 2.05) is 20.8 Å². The molecule has 0 bridgehead atoms. The van der Waals surface area contributed by atoms with Crippen LogP contribution in [0.25, 0.3) is 0 Å². The van der Waals surface area contributed by atoms with E-state index in [0.717, 1.165) is 0 Å². The maximum Gasteiger partial charge on any atom is 0.381 e. The number of nitrogens with zero attached hydrogens (tertiary/aromatic N) is 5. The smallest absolute Gasteiger partial charge is 0.358 e. The first-order chi connectivity index (χ1) is 8.36. The lowest BCUT2D eigenvalue weighted by Crippen LogP contribution is -2.11. The summed E-state index contributed by atoms with van der Waals surface area (Å²) < 4.78 is 6.66. The van der Waals surface area contributed by atoms with E-state index in [9.17, 15) is 10.1 Å². The third-order valence-electron chi connectivity index (χ3n) is 2.24. The minimum Gasteiger partial charge on any atom is -0.358 e. The van der Waals surface area contributed by atoms with Crippen molar-refractivity contribution >= 4 is 5.82 Å². The fraction of sp³-hybridized carbons (Fsp3) is 0.500. The minimum atomic E-state index is -0.548. The number of imidazole rings is 1. The summed E-state index contributed by atoms with van der Waals surface area (Å²) in [6.07, 6.45) is 2.69. The van der Waals surface area contributed by atoms with Gasteiger partial charge in [-0.25, -0.2) is 0 Å². The van der Waals surface area contributed by atoms with Crippen molar-refractivity contribution < 1.29 is 9.45 Å². The zero-order chi connectivity index (χ0) is 13.3. The molecule has 0 aliphatic heterocycles. The van der Waals surface area contributed by atoms with Crippen LogP contribution in [0.1, 0.15) is 32.5 Å². The molecule has 2 aromatic rings. The molecule has 2 aromatic heterocycles. The second kappa shape index (κ2) is 4.21. The highest BCUT2D eigenvalue weighted by molar-refractivity contribution is 5.13. The summed E-state index contributed by atoms with van der Waals surface area (Å²) in [5.41, 5.74) is -0.216. The summed E-state index contributed by atoms with van der Waals surface area (Å²) in [5, 5.41) is 14.3. The molecule has 0 radical (unpaired) electrons. The SMILES string of the molecule is CC(C)(C)c1nc(Cn2cnc([N+](=O)[O-])c2)no1. The summed E-state index contributed by atoms with van der Waals surface area (Å²) in [5.74, 6) is 0.800. The Bertz CT molecular complexity index is 566. The molecule has 18 heavy (non-hydrogen) atoms. The van der Waals surface area contributed by atoms with Crippen LogP contribution in [-0.4, -0.2) is 24.6 Å². The molecule has 96 valence electrons. The Morgan fingerprint density at radius 2 is 2.22 bits per heavy atom. The minimum absolute atomic E-state index is 0.200. The highest BCUT2D eigenvalue weighted by Gasteiger charge is 2.22. The second-order valence-electron chi connectivity index (χ2n) is 4.93. The van der Waals surface area contributed by atoms with E-state index < -0.39 is 4.92 Å². The molecule has 2 rings (SSSR count). The topological polar surface area (TPSA) is 99.9 Å². The van der Waals surface area contributed by atoms with Gasteiger partial charge in [-0.2, -0.15) is 4.98 Å². The normalized spacial score (nSPS) is 11.7. The molecule has 0 aliphatic carbocycles. The summed E-state index contributed by atoms with van der Waals surface area (Å²) in [7, 11) is 0. The molecule has 0 aliphatic rings. The molecule has 0 unspecified atom stereocenters. The monoisotopic (exact) mass is 251 g/mol. The Kier molecular flexibility index (Phi) is 2.85. The van der Waals surface area contributed by atoms with Crippen molar-refractivity contribution in [1.29, 1.82) is 0 Å². The maximum atomic E-state index is 10.5. The molecule has 0 amide bonds. The molecule has 0 N–H and O–H groups in total. The number of hydrogen-bond donors (Lipinski definition) is 0. The third kappa shape index (κ3) is 2.53. The number of hydrogen-bond acceptors (Lipinski definition) is 6. The van der Waals surface area contributed by atoms with Crippen LogP contribution in [-0.2, 0) is 12.0 Å². The fourth-order valence-electron chi connectivity index (χ4n) is 1.32. The molecule has 8 heteroatoms. The van der Waals surface area contributed by atoms with Gasteiger partial charge in [-0.3, -0.25) is 0 Å². The van der Waals surface area contributed by atoms with Gasteiger partial charge >= 0.3 is 5.82 Å². The van der Waals surface area contributed by atoms with Crippen molar-refractivity contribution in [2.75, 3.05) is 0 Å². The Hall–Kier alpha value is -2.25. The predicted octanol–water partition coefficient (Wildman–Crippen LogP) is 1.52. The summed E-state index contributed by atoms with van der Waals surface area (Å²) in [6.45, 7) is 6.19. The van der Waals surface area contributed by atoms with Crippen LogP contribution in [0.3, 0.4) is 0 Å². The van der Waals surface area contributed by atoms with Crippen molar-refractivity contribution in [3.8, 4) is 0 Å². The van der Waals surface area contributed by atoms with Gasteiger partial charge in [0.05, 0.1) is 6.54 Å². The van der Waals surface area contributed by atoms with Crippen molar-refractivity contribution in [1.82, 2.24) is 19.7 Å².